The van der Waals surface area contributed by atoms with Crippen molar-refractivity contribution in [1.29, 1.82) is 0 Å². The van der Waals surface area contributed by atoms with E-state index in [9.17, 15) is 13.9 Å². The Kier molecular flexibility index (Phi) is 8.43. The Morgan fingerprint density at radius 3 is 2.67 bits per heavy atom. The number of benzene rings is 1. The summed E-state index contributed by atoms with van der Waals surface area (Å²) in [5, 5.41) is 20.2. The number of ether oxygens (including phenoxy) is 1. The van der Waals surface area contributed by atoms with Crippen molar-refractivity contribution in [3.8, 4) is 0 Å². The molecule has 0 amide bonds. The van der Waals surface area contributed by atoms with Crippen LogP contribution in [0.1, 0.15) is 77.3 Å². The number of nitrogens with zero attached hydrogens (tertiary/aromatic N) is 6. The van der Waals surface area contributed by atoms with E-state index >= 15 is 0 Å². The van der Waals surface area contributed by atoms with Crippen LogP contribution in [0.5, 0.6) is 0 Å². The monoisotopic (exact) mass is 578 g/mol. The van der Waals surface area contributed by atoms with Crippen LogP contribution in [0, 0.1) is 17.6 Å². The first-order valence-electron chi connectivity index (χ1n) is 13.7. The van der Waals surface area contributed by atoms with Gasteiger partial charge in [-0.25, -0.2) is 23.4 Å². The minimum absolute atomic E-state index is 0.0301. The van der Waals surface area contributed by atoms with Gasteiger partial charge in [-0.3, -0.25) is 0 Å². The third kappa shape index (κ3) is 6.21. The largest absolute Gasteiger partial charge is 0.390 e. The van der Waals surface area contributed by atoms with E-state index < -0.39 is 17.2 Å². The van der Waals surface area contributed by atoms with Gasteiger partial charge in [0, 0.05) is 24.3 Å². The van der Waals surface area contributed by atoms with Crippen molar-refractivity contribution in [2.24, 2.45) is 5.92 Å². The Hall–Kier alpha value is -1.94. The average molecular weight is 579 g/mol. The van der Waals surface area contributed by atoms with Crippen LogP contribution in [0.15, 0.2) is 23.4 Å². The first-order chi connectivity index (χ1) is 18.6. The summed E-state index contributed by atoms with van der Waals surface area (Å²) in [5.41, 5.74) is 1.28. The van der Waals surface area contributed by atoms with Gasteiger partial charge < -0.3 is 14.5 Å². The predicted molar refractivity (Wildman–Crippen MR) is 152 cm³/mol. The molecule has 0 bridgehead atoms. The smallest absolute Gasteiger partial charge is 0.191 e. The van der Waals surface area contributed by atoms with Crippen molar-refractivity contribution < 1.29 is 18.6 Å². The Morgan fingerprint density at radius 2 is 1.97 bits per heavy atom. The molecule has 4 unspecified atom stereocenters. The van der Waals surface area contributed by atoms with Gasteiger partial charge in [-0.15, -0.1) is 5.10 Å². The second-order valence-electron chi connectivity index (χ2n) is 11.3. The molecule has 2 saturated carbocycles. The lowest BCUT2D eigenvalue weighted by Gasteiger charge is -2.26. The second-order valence-corrected chi connectivity index (χ2v) is 12.9. The first kappa shape index (κ1) is 28.6. The third-order valence-electron chi connectivity index (χ3n) is 7.54. The Bertz CT molecular complexity index is 1320. The second kappa shape index (κ2) is 11.5. The number of aromatic nitrogens is 5. The molecule has 8 nitrogen and oxygen atoms in total. The van der Waals surface area contributed by atoms with E-state index in [1.807, 2.05) is 30.1 Å². The average Bonchev–Trinajstić information content (AvgIpc) is 3.43. The maximum Gasteiger partial charge on any atom is 0.191 e. The van der Waals surface area contributed by atoms with Crippen molar-refractivity contribution >= 4 is 38.1 Å². The molecule has 2 aliphatic rings. The van der Waals surface area contributed by atoms with Gasteiger partial charge in [0.05, 0.1) is 17.7 Å². The zero-order valence-electron chi connectivity index (χ0n) is 22.8. The predicted octanol–water partition coefficient (Wildman–Crippen LogP) is 5.67. The van der Waals surface area contributed by atoms with Crippen LogP contribution in [0.4, 0.5) is 14.6 Å². The number of halogens is 2. The molecule has 212 valence electrons. The third-order valence-corrected chi connectivity index (χ3v) is 9.22. The number of anilines is 1. The van der Waals surface area contributed by atoms with Gasteiger partial charge in [-0.2, -0.15) is 0 Å². The van der Waals surface area contributed by atoms with Crippen LogP contribution in [0.2, 0.25) is 0 Å². The van der Waals surface area contributed by atoms with E-state index in [0.29, 0.717) is 35.2 Å². The van der Waals surface area contributed by atoms with Crippen molar-refractivity contribution in [2.75, 3.05) is 17.0 Å². The van der Waals surface area contributed by atoms with Gasteiger partial charge in [-0.05, 0) is 85.9 Å². The summed E-state index contributed by atoms with van der Waals surface area (Å²) in [5.74, 6) is 0.142. The SMILES string of the molecule is CCCSc1nc(N(P)C2C[C@H]2c2ccc(F)c(F)c2)c2nnn(C3CC(OCC)[C@@H](CC(C)(C)O)C3)c2n1. The van der Waals surface area contributed by atoms with E-state index in [0.717, 1.165) is 37.0 Å². The van der Waals surface area contributed by atoms with Gasteiger partial charge in [-0.1, -0.05) is 30.0 Å². The van der Waals surface area contributed by atoms with Crippen molar-refractivity contribution in [3.05, 3.63) is 35.4 Å². The zero-order chi connectivity index (χ0) is 27.9. The van der Waals surface area contributed by atoms with E-state index in [-0.39, 0.29) is 30.0 Å². The van der Waals surface area contributed by atoms with Crippen molar-refractivity contribution in [3.63, 3.8) is 0 Å². The van der Waals surface area contributed by atoms with Crippen LogP contribution in [0.25, 0.3) is 11.2 Å². The fourth-order valence-electron chi connectivity index (χ4n) is 5.76. The molecule has 1 N–H and O–H groups in total. The van der Waals surface area contributed by atoms with Crippen LogP contribution in [-0.4, -0.2) is 60.2 Å². The van der Waals surface area contributed by atoms with Gasteiger partial charge in [0.15, 0.2) is 33.8 Å². The molecule has 2 heterocycles. The summed E-state index contributed by atoms with van der Waals surface area (Å²) >= 11 is 1.60. The highest BCUT2D eigenvalue weighted by molar-refractivity contribution is 7.99. The topological polar surface area (TPSA) is 89.2 Å². The highest BCUT2D eigenvalue weighted by Gasteiger charge is 2.44. The summed E-state index contributed by atoms with van der Waals surface area (Å²) in [7, 11) is 2.75. The lowest BCUT2D eigenvalue weighted by Crippen LogP contribution is -2.28. The van der Waals surface area contributed by atoms with Crippen LogP contribution < -0.4 is 4.67 Å². The molecule has 2 aromatic heterocycles. The van der Waals surface area contributed by atoms with Gasteiger partial charge in [0.25, 0.3) is 0 Å². The number of fused-ring (bicyclic) bond motifs is 1. The first-order valence-corrected chi connectivity index (χ1v) is 15.2. The van der Waals surface area contributed by atoms with Gasteiger partial charge >= 0.3 is 0 Å². The summed E-state index contributed by atoms with van der Waals surface area (Å²) in [4.78, 5) is 9.74. The molecule has 39 heavy (non-hydrogen) atoms. The molecular weight excluding hydrogens is 541 g/mol. The number of hydrogen-bond acceptors (Lipinski definition) is 8. The van der Waals surface area contributed by atoms with Crippen LogP contribution in [0.3, 0.4) is 0 Å². The van der Waals surface area contributed by atoms with E-state index in [4.69, 9.17) is 14.7 Å². The maximum atomic E-state index is 13.9. The molecule has 2 aliphatic carbocycles. The fourth-order valence-corrected chi connectivity index (χ4v) is 6.96. The molecule has 12 heteroatoms. The summed E-state index contributed by atoms with van der Waals surface area (Å²) in [6, 6.07) is 4.21. The van der Waals surface area contributed by atoms with Crippen molar-refractivity contribution in [2.45, 2.75) is 94.7 Å². The molecule has 2 fully saturated rings. The number of thioether (sulfide) groups is 1. The fraction of sp³-hybridized carbons (Fsp3) is 0.630. The van der Waals surface area contributed by atoms with E-state index in [1.165, 1.54) is 12.1 Å². The lowest BCUT2D eigenvalue weighted by atomic mass is 9.91. The highest BCUT2D eigenvalue weighted by Crippen LogP contribution is 2.49. The Morgan fingerprint density at radius 1 is 1.18 bits per heavy atom. The Labute approximate surface area is 234 Å². The summed E-state index contributed by atoms with van der Waals surface area (Å²) in [6.45, 7) is 8.40. The van der Waals surface area contributed by atoms with Crippen LogP contribution >= 0.6 is 21.2 Å². The lowest BCUT2D eigenvalue weighted by molar-refractivity contribution is -0.00742. The summed E-state index contributed by atoms with van der Waals surface area (Å²) < 4.78 is 37.3. The Balaban J connectivity index is 1.46. The minimum atomic E-state index is -0.839. The van der Waals surface area contributed by atoms with Crippen LogP contribution in [-0.2, 0) is 4.74 Å². The molecule has 3 aromatic rings. The molecule has 0 saturated heterocycles. The normalized spacial score (nSPS) is 25.0. The van der Waals surface area contributed by atoms with Gasteiger partial charge in [0.2, 0.25) is 0 Å². The molecule has 5 rings (SSSR count). The summed E-state index contributed by atoms with van der Waals surface area (Å²) in [6.07, 6.45) is 4.04. The number of rotatable bonds is 11. The molecular formula is C27H37F2N6O2PS. The molecule has 0 aliphatic heterocycles. The highest BCUT2D eigenvalue weighted by atomic mass is 32.2. The minimum Gasteiger partial charge on any atom is -0.390 e. The zero-order valence-corrected chi connectivity index (χ0v) is 24.8. The molecule has 0 spiro atoms. The molecule has 1 aromatic carbocycles. The number of hydrogen-bond donors (Lipinski definition) is 1. The molecule has 6 atom stereocenters. The molecule has 0 radical (unpaired) electrons. The van der Waals surface area contributed by atoms with Gasteiger partial charge in [0.1, 0.15) is 0 Å². The van der Waals surface area contributed by atoms with E-state index in [1.54, 1.807) is 17.8 Å². The van der Waals surface area contributed by atoms with Crippen molar-refractivity contribution in [1.82, 2.24) is 25.0 Å². The standard InChI is InChI=1S/C27H37F2N6O2PS/c1-5-9-39-26-30-24-23(25(31-26)35(38)21-13-18(21)15-7-8-19(28)20(29)11-15)32-33-34(24)17-10-16(14-27(3,4)36)22(12-17)37-6-2/h7-8,11,16-18,21-22,36H,5-6,9-10,12-14,38H2,1-4H3/t16-,17?,18+,21?,22?/m1/s1. The van der Waals surface area contributed by atoms with E-state index in [2.05, 4.69) is 26.6 Å². The quantitative estimate of drug-likeness (QED) is 0.177. The number of aliphatic hydroxyl groups is 1. The maximum absolute atomic E-state index is 13.9.